The Morgan fingerprint density at radius 3 is 2.56 bits per heavy atom. The summed E-state index contributed by atoms with van der Waals surface area (Å²) in [4.78, 5) is 24.4. The fourth-order valence-corrected chi connectivity index (χ4v) is 2.04. The minimum Gasteiger partial charge on any atom is -0.444 e. The van der Waals surface area contributed by atoms with Crippen LogP contribution in [0.2, 0.25) is 0 Å². The number of aldehydes is 1. The number of hydrogen-bond acceptors (Lipinski definition) is 3. The molecule has 1 aliphatic heterocycles. The molecule has 0 unspecified atom stereocenters. The second-order valence-corrected chi connectivity index (χ2v) is 5.26. The highest BCUT2D eigenvalue weighted by atomic mass is 16.6. The largest absolute Gasteiger partial charge is 0.444 e. The van der Waals surface area contributed by atoms with E-state index in [1.807, 2.05) is 27.7 Å². The normalized spacial score (nSPS) is 25.6. The van der Waals surface area contributed by atoms with Gasteiger partial charge in [0.2, 0.25) is 0 Å². The fraction of sp³-hybridized carbons (Fsp3) is 0.833. The van der Waals surface area contributed by atoms with Gasteiger partial charge in [-0.25, -0.2) is 4.79 Å². The summed E-state index contributed by atoms with van der Waals surface area (Å²) < 4.78 is 5.27. The van der Waals surface area contributed by atoms with E-state index >= 15 is 0 Å². The molecular formula is C12H21NO3. The Morgan fingerprint density at radius 1 is 1.50 bits per heavy atom. The van der Waals surface area contributed by atoms with Gasteiger partial charge in [0.25, 0.3) is 0 Å². The van der Waals surface area contributed by atoms with Crippen LogP contribution in [0.15, 0.2) is 0 Å². The zero-order valence-corrected chi connectivity index (χ0v) is 10.5. The lowest BCUT2D eigenvalue weighted by Crippen LogP contribution is -2.42. The minimum absolute atomic E-state index is 0.282. The standard InChI is InChI=1S/C12H21NO3/c1-5-9-6-7-13(10(9)8-14)11(15)16-12(2,3)4/h8-10H,5-7H2,1-4H3/t9-,10+/m1/s1. The van der Waals surface area contributed by atoms with E-state index in [1.165, 1.54) is 0 Å². The first-order chi connectivity index (χ1) is 7.39. The number of rotatable bonds is 2. The first-order valence-corrected chi connectivity index (χ1v) is 5.84. The van der Waals surface area contributed by atoms with Crippen LogP contribution in [-0.2, 0) is 9.53 Å². The Labute approximate surface area is 96.9 Å². The summed E-state index contributed by atoms with van der Waals surface area (Å²) in [6.45, 7) is 8.15. The van der Waals surface area contributed by atoms with Crippen LogP contribution in [0.3, 0.4) is 0 Å². The predicted molar refractivity (Wildman–Crippen MR) is 61.2 cm³/mol. The molecule has 0 aromatic carbocycles. The van der Waals surface area contributed by atoms with Crippen molar-refractivity contribution in [3.8, 4) is 0 Å². The maximum atomic E-state index is 11.8. The topological polar surface area (TPSA) is 46.6 Å². The van der Waals surface area contributed by atoms with Crippen molar-refractivity contribution in [1.29, 1.82) is 0 Å². The number of carbonyl (C=O) groups is 2. The lowest BCUT2D eigenvalue weighted by atomic mass is 9.99. The molecule has 0 saturated carbocycles. The van der Waals surface area contributed by atoms with Crippen molar-refractivity contribution in [2.24, 2.45) is 5.92 Å². The van der Waals surface area contributed by atoms with E-state index in [1.54, 1.807) is 4.90 Å². The van der Waals surface area contributed by atoms with Gasteiger partial charge in [-0.05, 0) is 33.1 Å². The van der Waals surface area contributed by atoms with Crippen molar-refractivity contribution >= 4 is 12.4 Å². The van der Waals surface area contributed by atoms with Gasteiger partial charge < -0.3 is 9.53 Å². The summed E-state index contributed by atoms with van der Waals surface area (Å²) in [5.41, 5.74) is -0.505. The summed E-state index contributed by atoms with van der Waals surface area (Å²) in [6, 6.07) is -0.306. The van der Waals surface area contributed by atoms with Gasteiger partial charge in [0, 0.05) is 6.54 Å². The van der Waals surface area contributed by atoms with E-state index in [4.69, 9.17) is 4.74 Å². The van der Waals surface area contributed by atoms with E-state index < -0.39 is 5.60 Å². The maximum Gasteiger partial charge on any atom is 0.410 e. The van der Waals surface area contributed by atoms with Crippen LogP contribution in [0.4, 0.5) is 4.79 Å². The molecule has 16 heavy (non-hydrogen) atoms. The molecule has 1 amide bonds. The number of nitrogens with zero attached hydrogens (tertiary/aromatic N) is 1. The second kappa shape index (κ2) is 4.85. The Balaban J connectivity index is 2.67. The zero-order chi connectivity index (χ0) is 12.3. The van der Waals surface area contributed by atoms with Gasteiger partial charge in [-0.2, -0.15) is 0 Å². The van der Waals surface area contributed by atoms with Crippen LogP contribution in [0.25, 0.3) is 0 Å². The average molecular weight is 227 g/mol. The molecule has 4 heteroatoms. The third-order valence-electron chi connectivity index (χ3n) is 2.88. The molecule has 1 fully saturated rings. The molecule has 92 valence electrons. The van der Waals surface area contributed by atoms with Gasteiger partial charge in [-0.1, -0.05) is 13.3 Å². The molecule has 1 heterocycles. The Kier molecular flexibility index (Phi) is 3.94. The predicted octanol–water partition coefficient (Wildman–Crippen LogP) is 2.22. The van der Waals surface area contributed by atoms with Crippen LogP contribution < -0.4 is 0 Å². The Hall–Kier alpha value is -1.06. The molecule has 0 aromatic heterocycles. The van der Waals surface area contributed by atoms with Crippen LogP contribution >= 0.6 is 0 Å². The van der Waals surface area contributed by atoms with Crippen molar-refractivity contribution in [1.82, 2.24) is 4.90 Å². The molecule has 0 N–H and O–H groups in total. The smallest absolute Gasteiger partial charge is 0.410 e. The maximum absolute atomic E-state index is 11.8. The van der Waals surface area contributed by atoms with E-state index in [0.29, 0.717) is 6.54 Å². The fourth-order valence-electron chi connectivity index (χ4n) is 2.04. The highest BCUT2D eigenvalue weighted by Crippen LogP contribution is 2.27. The summed E-state index contributed by atoms with van der Waals surface area (Å²) in [6.07, 6.45) is 2.30. The SMILES string of the molecule is CC[C@@H]1CCN(C(=O)OC(C)(C)C)[C@H]1C=O. The zero-order valence-electron chi connectivity index (χ0n) is 10.5. The molecule has 1 saturated heterocycles. The van der Waals surface area contributed by atoms with Crippen molar-refractivity contribution in [3.05, 3.63) is 0 Å². The van der Waals surface area contributed by atoms with Gasteiger partial charge in [-0.15, -0.1) is 0 Å². The first-order valence-electron chi connectivity index (χ1n) is 5.84. The number of carbonyl (C=O) groups excluding carboxylic acids is 2. The highest BCUT2D eigenvalue weighted by molar-refractivity contribution is 5.74. The quantitative estimate of drug-likeness (QED) is 0.679. The van der Waals surface area contributed by atoms with Crippen LogP contribution in [0, 0.1) is 5.92 Å². The third kappa shape index (κ3) is 2.97. The lowest BCUT2D eigenvalue weighted by Gasteiger charge is -2.27. The molecule has 1 rings (SSSR count). The molecule has 2 atom stereocenters. The number of likely N-dealkylation sites (tertiary alicyclic amines) is 1. The van der Waals surface area contributed by atoms with E-state index in [2.05, 4.69) is 0 Å². The summed E-state index contributed by atoms with van der Waals surface area (Å²) in [5, 5.41) is 0. The Bertz CT molecular complexity index is 270. The van der Waals surface area contributed by atoms with E-state index in [0.717, 1.165) is 19.1 Å². The van der Waals surface area contributed by atoms with Gasteiger partial charge in [0.05, 0.1) is 6.04 Å². The summed E-state index contributed by atoms with van der Waals surface area (Å²) >= 11 is 0. The van der Waals surface area contributed by atoms with E-state index in [9.17, 15) is 9.59 Å². The molecule has 4 nitrogen and oxygen atoms in total. The molecular weight excluding hydrogens is 206 g/mol. The van der Waals surface area contributed by atoms with Crippen LogP contribution in [0.5, 0.6) is 0 Å². The molecule has 1 aliphatic rings. The third-order valence-corrected chi connectivity index (χ3v) is 2.88. The van der Waals surface area contributed by atoms with Crippen molar-refractivity contribution in [2.75, 3.05) is 6.54 Å². The number of ether oxygens (including phenoxy) is 1. The molecule has 0 spiro atoms. The summed E-state index contributed by atoms with van der Waals surface area (Å²) in [7, 11) is 0. The van der Waals surface area contributed by atoms with Crippen molar-refractivity contribution < 1.29 is 14.3 Å². The van der Waals surface area contributed by atoms with Crippen molar-refractivity contribution in [2.45, 2.75) is 52.2 Å². The van der Waals surface area contributed by atoms with Gasteiger partial charge in [-0.3, -0.25) is 4.90 Å². The molecule has 0 aliphatic carbocycles. The number of amides is 1. The molecule has 0 bridgehead atoms. The first kappa shape index (κ1) is 13.0. The monoisotopic (exact) mass is 227 g/mol. The van der Waals surface area contributed by atoms with E-state index in [-0.39, 0.29) is 18.1 Å². The van der Waals surface area contributed by atoms with Gasteiger partial charge in [0.1, 0.15) is 11.9 Å². The minimum atomic E-state index is -0.505. The van der Waals surface area contributed by atoms with Gasteiger partial charge in [0.15, 0.2) is 0 Å². The molecule has 0 radical (unpaired) electrons. The second-order valence-electron chi connectivity index (χ2n) is 5.26. The summed E-state index contributed by atoms with van der Waals surface area (Å²) in [5.74, 6) is 0.282. The Morgan fingerprint density at radius 2 is 2.12 bits per heavy atom. The highest BCUT2D eigenvalue weighted by Gasteiger charge is 2.37. The molecule has 0 aromatic rings. The van der Waals surface area contributed by atoms with Crippen LogP contribution in [0.1, 0.15) is 40.5 Å². The average Bonchev–Trinajstić information content (AvgIpc) is 2.57. The number of hydrogen-bond donors (Lipinski definition) is 0. The van der Waals surface area contributed by atoms with Crippen molar-refractivity contribution in [3.63, 3.8) is 0 Å². The van der Waals surface area contributed by atoms with Crippen LogP contribution in [-0.4, -0.2) is 35.5 Å². The van der Waals surface area contributed by atoms with Gasteiger partial charge >= 0.3 is 6.09 Å². The lowest BCUT2D eigenvalue weighted by molar-refractivity contribution is -0.112.